The van der Waals surface area contributed by atoms with Crippen LogP contribution in [-0.4, -0.2) is 17.1 Å². The molecule has 0 rings (SSSR count). The molecule has 1 radical (unpaired) electrons. The number of unbranched alkanes of at least 4 members (excludes halogenated alkanes) is 1. The van der Waals surface area contributed by atoms with Crippen molar-refractivity contribution in [3.8, 4) is 0 Å². The molecule has 0 aliphatic heterocycles. The summed E-state index contributed by atoms with van der Waals surface area (Å²) in [6.07, 6.45) is 1.91. The zero-order chi connectivity index (χ0) is 8.04. The van der Waals surface area contributed by atoms with Gasteiger partial charge in [-0.1, -0.05) is 20.8 Å². The third-order valence-electron chi connectivity index (χ3n) is 1.07. The van der Waals surface area contributed by atoms with Gasteiger partial charge in [0.05, 0.1) is 6.61 Å². The quantitative estimate of drug-likeness (QED) is 0.580. The summed E-state index contributed by atoms with van der Waals surface area (Å²) >= 11 is 1.93. The summed E-state index contributed by atoms with van der Waals surface area (Å²) in [5.74, 6) is 1.13. The Hall–Kier alpha value is 0.310. The molecule has 1 nitrogen and oxygen atoms in total. The van der Waals surface area contributed by atoms with E-state index >= 15 is 0 Å². The lowest BCUT2D eigenvalue weighted by Crippen LogP contribution is -2.08. The predicted molar refractivity (Wildman–Crippen MR) is 47.0 cm³/mol. The molecular formula is C8H17OS. The summed E-state index contributed by atoms with van der Waals surface area (Å²) in [7, 11) is 0. The van der Waals surface area contributed by atoms with Crippen LogP contribution in [0.4, 0.5) is 0 Å². The lowest BCUT2D eigenvalue weighted by molar-refractivity contribution is 0.188. The average Bonchev–Trinajstić information content (AvgIpc) is 1.78. The maximum atomic E-state index is 10.0. The van der Waals surface area contributed by atoms with Gasteiger partial charge in [0.15, 0.2) is 0 Å². The first-order valence-electron chi connectivity index (χ1n) is 3.78. The molecule has 0 spiro atoms. The smallest absolute Gasteiger partial charge is 0.0822 e. The maximum Gasteiger partial charge on any atom is 0.0822 e. The number of hydrogen-bond acceptors (Lipinski definition) is 1. The van der Waals surface area contributed by atoms with E-state index in [1.54, 1.807) is 0 Å². The molecule has 10 heavy (non-hydrogen) atoms. The Bertz CT molecular complexity index is 75.8. The van der Waals surface area contributed by atoms with Crippen LogP contribution in [0, 0.1) is 0 Å². The Morgan fingerprint density at radius 3 is 2.20 bits per heavy atom. The highest BCUT2D eigenvalue weighted by Gasteiger charge is 2.08. The third kappa shape index (κ3) is 8.31. The fourth-order valence-electron chi connectivity index (χ4n) is 0.582. The molecule has 0 aromatic carbocycles. The first-order chi connectivity index (χ1) is 4.56. The molecule has 0 atom stereocenters. The lowest BCUT2D eigenvalue weighted by atomic mass is 10.3. The van der Waals surface area contributed by atoms with E-state index in [1.165, 1.54) is 0 Å². The van der Waals surface area contributed by atoms with Crippen LogP contribution in [0.3, 0.4) is 0 Å². The Morgan fingerprint density at radius 2 is 1.80 bits per heavy atom. The second-order valence-electron chi connectivity index (χ2n) is 3.37. The van der Waals surface area contributed by atoms with Crippen molar-refractivity contribution in [1.82, 2.24) is 0 Å². The van der Waals surface area contributed by atoms with Gasteiger partial charge in [0.2, 0.25) is 0 Å². The standard InChI is InChI=1S/C8H17OS/c1-8(2,3)10-7-5-4-6-9/h4-7H2,1-3H3. The van der Waals surface area contributed by atoms with Gasteiger partial charge >= 0.3 is 0 Å². The Balaban J connectivity index is 3.04. The first-order valence-corrected chi connectivity index (χ1v) is 4.77. The van der Waals surface area contributed by atoms with E-state index in [9.17, 15) is 5.11 Å². The minimum Gasteiger partial charge on any atom is -0.237 e. The molecule has 0 aliphatic rings. The van der Waals surface area contributed by atoms with Crippen molar-refractivity contribution in [2.75, 3.05) is 12.4 Å². The highest BCUT2D eigenvalue weighted by molar-refractivity contribution is 8.00. The third-order valence-corrected chi connectivity index (χ3v) is 2.43. The molecule has 0 amide bonds. The molecule has 0 saturated carbocycles. The Morgan fingerprint density at radius 1 is 1.20 bits per heavy atom. The highest BCUT2D eigenvalue weighted by Crippen LogP contribution is 2.23. The second-order valence-corrected chi connectivity index (χ2v) is 5.29. The van der Waals surface area contributed by atoms with E-state index in [2.05, 4.69) is 20.8 Å². The van der Waals surface area contributed by atoms with Crippen LogP contribution in [0.2, 0.25) is 0 Å². The molecule has 2 heteroatoms. The molecule has 0 unspecified atom stereocenters. The van der Waals surface area contributed by atoms with E-state index in [-0.39, 0.29) is 6.61 Å². The van der Waals surface area contributed by atoms with Crippen molar-refractivity contribution in [3.05, 3.63) is 0 Å². The van der Waals surface area contributed by atoms with Gasteiger partial charge in [0, 0.05) is 4.75 Å². The van der Waals surface area contributed by atoms with E-state index in [1.807, 2.05) is 11.8 Å². The van der Waals surface area contributed by atoms with E-state index < -0.39 is 0 Å². The van der Waals surface area contributed by atoms with Gasteiger partial charge in [-0.05, 0) is 18.6 Å². The summed E-state index contributed by atoms with van der Waals surface area (Å²) in [6, 6.07) is 0. The van der Waals surface area contributed by atoms with Crippen molar-refractivity contribution in [2.24, 2.45) is 0 Å². The molecule has 0 heterocycles. The Kier molecular flexibility index (Phi) is 5.18. The molecule has 0 N–H and O–H groups in total. The van der Waals surface area contributed by atoms with E-state index in [0.29, 0.717) is 4.75 Å². The zero-order valence-corrected chi connectivity index (χ0v) is 7.96. The summed E-state index contributed by atoms with van der Waals surface area (Å²) in [5.41, 5.74) is 0. The zero-order valence-electron chi connectivity index (χ0n) is 7.14. The topological polar surface area (TPSA) is 19.9 Å². The van der Waals surface area contributed by atoms with Crippen LogP contribution in [-0.2, 0) is 5.11 Å². The molecule has 0 aliphatic carbocycles. The second kappa shape index (κ2) is 5.03. The summed E-state index contributed by atoms with van der Waals surface area (Å²) in [6.45, 7) is 6.70. The fraction of sp³-hybridized carbons (Fsp3) is 1.00. The molecule has 0 aromatic rings. The number of rotatable bonds is 4. The highest BCUT2D eigenvalue weighted by atomic mass is 32.2. The van der Waals surface area contributed by atoms with Gasteiger partial charge < -0.3 is 0 Å². The van der Waals surface area contributed by atoms with Crippen molar-refractivity contribution in [3.63, 3.8) is 0 Å². The van der Waals surface area contributed by atoms with Crippen molar-refractivity contribution < 1.29 is 5.11 Å². The molecule has 0 bridgehead atoms. The maximum absolute atomic E-state index is 10.0. The lowest BCUT2D eigenvalue weighted by Gasteiger charge is -2.16. The summed E-state index contributed by atoms with van der Waals surface area (Å²) < 4.78 is 0.364. The van der Waals surface area contributed by atoms with Crippen LogP contribution in [0.15, 0.2) is 0 Å². The molecule has 0 fully saturated rings. The van der Waals surface area contributed by atoms with Crippen LogP contribution in [0.25, 0.3) is 0 Å². The monoisotopic (exact) mass is 161 g/mol. The number of hydrogen-bond donors (Lipinski definition) is 0. The van der Waals surface area contributed by atoms with E-state index in [0.717, 1.165) is 18.6 Å². The van der Waals surface area contributed by atoms with Crippen LogP contribution in [0.5, 0.6) is 0 Å². The first kappa shape index (κ1) is 10.3. The van der Waals surface area contributed by atoms with Crippen LogP contribution < -0.4 is 0 Å². The summed E-state index contributed by atoms with van der Waals surface area (Å²) in [5, 5.41) is 10.0. The van der Waals surface area contributed by atoms with Crippen LogP contribution in [0.1, 0.15) is 33.6 Å². The average molecular weight is 161 g/mol. The van der Waals surface area contributed by atoms with Crippen LogP contribution >= 0.6 is 11.8 Å². The van der Waals surface area contributed by atoms with E-state index in [4.69, 9.17) is 0 Å². The predicted octanol–water partition coefficient (Wildman–Crippen LogP) is 2.73. The molecule has 0 saturated heterocycles. The Labute approximate surface area is 68.2 Å². The summed E-state index contributed by atoms with van der Waals surface area (Å²) in [4.78, 5) is 0. The normalized spacial score (nSPS) is 12.0. The minimum absolute atomic E-state index is 0.0880. The molecule has 61 valence electrons. The van der Waals surface area contributed by atoms with Gasteiger partial charge in [-0.2, -0.15) is 11.8 Å². The van der Waals surface area contributed by atoms with Gasteiger partial charge in [-0.3, -0.25) is 0 Å². The van der Waals surface area contributed by atoms with Crippen molar-refractivity contribution in [1.29, 1.82) is 0 Å². The van der Waals surface area contributed by atoms with Gasteiger partial charge in [-0.25, -0.2) is 5.11 Å². The molecule has 0 aromatic heterocycles. The van der Waals surface area contributed by atoms with Crippen molar-refractivity contribution in [2.45, 2.75) is 38.4 Å². The largest absolute Gasteiger partial charge is 0.237 e. The van der Waals surface area contributed by atoms with Crippen molar-refractivity contribution >= 4 is 11.8 Å². The minimum atomic E-state index is 0.0880. The van der Waals surface area contributed by atoms with Gasteiger partial charge in [0.25, 0.3) is 0 Å². The van der Waals surface area contributed by atoms with Gasteiger partial charge in [0.1, 0.15) is 0 Å². The fourth-order valence-corrected chi connectivity index (χ4v) is 1.54. The van der Waals surface area contributed by atoms with Gasteiger partial charge in [-0.15, -0.1) is 0 Å². The number of thioether (sulfide) groups is 1. The SMILES string of the molecule is CC(C)(C)SCCCC[O]. The molecular weight excluding hydrogens is 144 g/mol.